The number of aromatic carboxylic acids is 1. The fourth-order valence-electron chi connectivity index (χ4n) is 14.6. The Kier molecular flexibility index (Phi) is 30.9. The maximum atomic E-state index is 13.4. The molecule has 664 valence electrons. The number of nitrogens with zero attached hydrogens (tertiary/aromatic N) is 3. The minimum absolute atomic E-state index is 0. The number of carboxylic acid groups (broad SMARTS) is 2. The first-order valence-corrected chi connectivity index (χ1v) is 46.3. The van der Waals surface area contributed by atoms with Crippen molar-refractivity contribution in [3.05, 3.63) is 296 Å². The van der Waals surface area contributed by atoms with Crippen LogP contribution in [0.3, 0.4) is 0 Å². The van der Waals surface area contributed by atoms with E-state index in [9.17, 15) is 78.6 Å². The van der Waals surface area contributed by atoms with Crippen molar-refractivity contribution in [2.45, 2.75) is 91.0 Å². The summed E-state index contributed by atoms with van der Waals surface area (Å²) in [6.45, 7) is 1.95. The molecule has 3 aliphatic rings. The number of aliphatic carboxylic acids is 1. The third-order valence-electron chi connectivity index (χ3n) is 21.1. The van der Waals surface area contributed by atoms with Gasteiger partial charge in [0.1, 0.15) is 34.9 Å². The number of carboxylic acids is 2. The fraction of sp³-hybridized carbons (Fsp3) is 0.225. The normalized spacial score (nSPS) is 13.7. The summed E-state index contributed by atoms with van der Waals surface area (Å²) in [5.41, 5.74) is 14.7. The van der Waals surface area contributed by atoms with E-state index in [0.717, 1.165) is 46.1 Å². The molecule has 6 heterocycles. The number of sulfone groups is 3. The number of rotatable bonds is 20. The van der Waals surface area contributed by atoms with Gasteiger partial charge in [0, 0.05) is 104 Å². The van der Waals surface area contributed by atoms with Gasteiger partial charge in [-0.05, 0) is 185 Å². The van der Waals surface area contributed by atoms with Crippen molar-refractivity contribution in [3.8, 4) is 0 Å². The van der Waals surface area contributed by atoms with Crippen molar-refractivity contribution in [3.63, 3.8) is 0 Å². The Hall–Kier alpha value is -11.3. The Balaban J connectivity index is 0.000000172. The molecule has 0 bridgehead atoms. The van der Waals surface area contributed by atoms with Gasteiger partial charge in [0.25, 0.3) is 29.5 Å². The molecule has 5 amide bonds. The van der Waals surface area contributed by atoms with Crippen LogP contribution in [-0.2, 0) is 112 Å². The quantitative estimate of drug-likeness (QED) is 0.0442. The van der Waals surface area contributed by atoms with Crippen molar-refractivity contribution >= 4 is 198 Å². The Morgan fingerprint density at radius 3 is 1.06 bits per heavy atom. The van der Waals surface area contributed by atoms with Crippen molar-refractivity contribution < 1.29 is 101 Å². The minimum Gasteiger partial charge on any atom is -0.480 e. The van der Waals surface area contributed by atoms with Gasteiger partial charge in [0.2, 0.25) is 0 Å². The van der Waals surface area contributed by atoms with Crippen LogP contribution in [0.1, 0.15) is 112 Å². The first kappa shape index (κ1) is 96.3. The van der Waals surface area contributed by atoms with Crippen LogP contribution in [-0.4, -0.2) is 174 Å². The van der Waals surface area contributed by atoms with Crippen molar-refractivity contribution in [1.82, 2.24) is 25.3 Å². The lowest BCUT2D eigenvalue weighted by Crippen LogP contribution is -2.43. The van der Waals surface area contributed by atoms with Gasteiger partial charge in [0.15, 0.2) is 29.5 Å². The molecule has 0 spiro atoms. The van der Waals surface area contributed by atoms with E-state index < -0.39 is 83.3 Å². The highest BCUT2D eigenvalue weighted by atomic mass is 35.5. The van der Waals surface area contributed by atoms with E-state index in [0.29, 0.717) is 118 Å². The number of carbonyl (C=O) groups excluding carboxylic acids is 7. The van der Waals surface area contributed by atoms with Gasteiger partial charge in [0.05, 0.1) is 94.5 Å². The molecular formula is C89H79Cl7N6O22S3. The van der Waals surface area contributed by atoms with Crippen LogP contribution < -0.4 is 16.4 Å². The summed E-state index contributed by atoms with van der Waals surface area (Å²) in [7, 11) is -7.77. The number of furan rings is 3. The molecule has 0 saturated carbocycles. The molecule has 0 fully saturated rings. The second-order valence-electron chi connectivity index (χ2n) is 29.7. The van der Waals surface area contributed by atoms with Crippen LogP contribution in [0, 0.1) is 0 Å². The van der Waals surface area contributed by atoms with E-state index in [2.05, 4.69) is 15.4 Å². The number of nitrogens with one attached hydrogen (secondary N) is 2. The Morgan fingerprint density at radius 2 is 0.740 bits per heavy atom. The van der Waals surface area contributed by atoms with Crippen LogP contribution in [0.5, 0.6) is 0 Å². The monoisotopic (exact) mass is 1920 g/mol. The SMILES string of the molecule is COC(=O)[C@@H](N)Cc1cccc(S(C)(=O)=O)c1.COC(=O)[C@H](Cc1cccc(S(C)(=O)=O)c1)NC(=O)c1c(Cl)cc2c(c1Cl)CCN(C(=O)c1ccc3ccoc3c1)C2.CS(=O)(=O)c1cccc(C[C@H](NC(=O)c2c(Cl)cc3c(c2Cl)CCN(C(=O)c2ccc4ccoc4c2)C3)C(=O)O)c1.Cl.O=C(O)c1c(Cl)cc2c(c1Cl)CCN(C(=O)c1ccc3ccoc3c1)C2. The van der Waals surface area contributed by atoms with Crippen LogP contribution in [0.25, 0.3) is 32.9 Å². The summed E-state index contributed by atoms with van der Waals surface area (Å²) in [6, 6.07) is 41.1. The molecule has 0 aliphatic carbocycles. The average Bonchev–Trinajstić information content (AvgIpc) is 1.55. The summed E-state index contributed by atoms with van der Waals surface area (Å²) in [6.07, 6.45) is 9.26. The molecule has 9 aromatic carbocycles. The number of hydrogen-bond acceptors (Lipinski definition) is 21. The fourth-order valence-corrected chi connectivity index (χ4v) is 18.9. The van der Waals surface area contributed by atoms with Crippen LogP contribution in [0.2, 0.25) is 30.1 Å². The molecule has 0 saturated heterocycles. The van der Waals surface area contributed by atoms with Gasteiger partial charge < -0.3 is 64.0 Å². The van der Waals surface area contributed by atoms with Gasteiger partial charge in [-0.2, -0.15) is 0 Å². The first-order valence-electron chi connectivity index (χ1n) is 38.3. The molecule has 3 aliphatic heterocycles. The maximum absolute atomic E-state index is 13.4. The molecular weight excluding hydrogens is 1850 g/mol. The molecule has 6 N–H and O–H groups in total. The number of methoxy groups -OCH3 is 2. The van der Waals surface area contributed by atoms with E-state index in [4.69, 9.17) is 93.3 Å². The van der Waals surface area contributed by atoms with Gasteiger partial charge >= 0.3 is 23.9 Å². The number of benzene rings is 9. The average molecular weight is 1930 g/mol. The third-order valence-corrected chi connectivity index (χ3v) is 26.5. The molecule has 38 heteroatoms. The second-order valence-corrected chi connectivity index (χ2v) is 38.1. The standard InChI is InChI=1S/C30H26Cl2N2O7S.C29H24Cl2N2O7S.C19H13Cl2NO4.C11H15NO4S.ClH/c1-40-30(37)24(13-17-4-3-5-21(12-17)42(2,38)39)33-28(35)26-23(31)14-20-16-34(10-8-22(20)27(26)32)29(36)19-7-6-18-9-11-41-25(18)15-19;1-41(38,39)20-4-2-3-16(11-20)12-23(29(36)37)32-27(34)25-22(30)13-19-15-33(9-7-21(19)26(25)31)28(35)18-6-5-17-8-10-40-24(17)14-18;20-14-7-12-9-22(5-3-13(12)17(21)16(14)19(24)25)18(23)11-2-1-10-4-6-26-15(10)8-11;1-16-11(13)10(12)7-8-4-3-5-9(6-8)17(2,14)15;/h3-7,9,11-12,14-15,24H,8,10,13,16H2,1-2H3,(H,33,35);2-6,8,10-11,13-14,23H,7,9,12,15H2,1H3,(H,32,34)(H,36,37);1-2,4,6-8H,3,5,9H2,(H,24,25);3-6,10H,7,12H2,1-2H3;1H/t24-;23-;;10-;/m00.0./s1. The number of halogens is 7. The highest BCUT2D eigenvalue weighted by Crippen LogP contribution is 2.40. The van der Waals surface area contributed by atoms with E-state index in [-0.39, 0.29) is 124 Å². The zero-order valence-electron chi connectivity index (χ0n) is 67.9. The summed E-state index contributed by atoms with van der Waals surface area (Å²) in [5, 5.41) is 27.4. The number of carbonyl (C=O) groups is 9. The highest BCUT2D eigenvalue weighted by molar-refractivity contribution is 7.91. The van der Waals surface area contributed by atoms with Crippen molar-refractivity contribution in [1.29, 1.82) is 0 Å². The molecule has 3 atom stereocenters. The molecule has 15 rings (SSSR count). The molecule has 3 aromatic heterocycles. The Bertz CT molecular complexity index is 6740. The lowest BCUT2D eigenvalue weighted by Gasteiger charge is -2.30. The van der Waals surface area contributed by atoms with Crippen LogP contribution >= 0.6 is 82.0 Å². The zero-order valence-corrected chi connectivity index (χ0v) is 75.7. The number of esters is 2. The molecule has 127 heavy (non-hydrogen) atoms. The largest absolute Gasteiger partial charge is 0.480 e. The molecule has 0 unspecified atom stereocenters. The summed E-state index contributed by atoms with van der Waals surface area (Å²) in [5.74, 6) is -5.66. The zero-order chi connectivity index (χ0) is 91.1. The minimum atomic E-state index is -3.50. The summed E-state index contributed by atoms with van der Waals surface area (Å²) >= 11 is 38.7. The predicted octanol–water partition coefficient (Wildman–Crippen LogP) is 14.8. The number of nitrogens with two attached hydrogens (primary N) is 1. The number of ether oxygens (including phenoxy) is 2. The van der Waals surface area contributed by atoms with Gasteiger partial charge in [-0.1, -0.05) is 124 Å². The lowest BCUT2D eigenvalue weighted by atomic mass is 9.95. The second kappa shape index (κ2) is 40.8. The lowest BCUT2D eigenvalue weighted by molar-refractivity contribution is -0.143. The summed E-state index contributed by atoms with van der Waals surface area (Å²) in [4.78, 5) is 118. The topological polar surface area (TPSA) is 414 Å². The summed E-state index contributed by atoms with van der Waals surface area (Å²) < 4.78 is 95.9. The highest BCUT2D eigenvalue weighted by Gasteiger charge is 2.35. The van der Waals surface area contributed by atoms with Crippen LogP contribution in [0.15, 0.2) is 211 Å². The maximum Gasteiger partial charge on any atom is 0.338 e. The molecule has 12 aromatic rings. The van der Waals surface area contributed by atoms with E-state index in [1.807, 2.05) is 36.4 Å². The number of fused-ring (bicyclic) bond motifs is 6. The van der Waals surface area contributed by atoms with Gasteiger partial charge in [-0.25, -0.2) is 39.6 Å². The van der Waals surface area contributed by atoms with Crippen molar-refractivity contribution in [2.75, 3.05) is 52.6 Å². The smallest absolute Gasteiger partial charge is 0.338 e. The number of hydrogen-bond donors (Lipinski definition) is 5. The molecule has 0 radical (unpaired) electrons. The van der Waals surface area contributed by atoms with Gasteiger partial charge in [-0.15, -0.1) is 12.4 Å². The third kappa shape index (κ3) is 22.8. The van der Waals surface area contributed by atoms with Crippen LogP contribution in [0.4, 0.5) is 0 Å². The Morgan fingerprint density at radius 1 is 0.425 bits per heavy atom. The van der Waals surface area contributed by atoms with E-state index in [1.54, 1.807) is 118 Å². The van der Waals surface area contributed by atoms with E-state index in [1.165, 1.54) is 56.7 Å². The van der Waals surface area contributed by atoms with Gasteiger partial charge in [-0.3, -0.25) is 28.8 Å². The number of amides is 5. The van der Waals surface area contributed by atoms with Crippen molar-refractivity contribution in [2.24, 2.45) is 5.73 Å². The predicted molar refractivity (Wildman–Crippen MR) is 479 cm³/mol. The molecule has 28 nitrogen and oxygen atoms in total. The first-order chi connectivity index (χ1) is 59.7. The Labute approximate surface area is 764 Å². The van der Waals surface area contributed by atoms with E-state index >= 15 is 0 Å².